The average Bonchev–Trinajstić information content (AvgIpc) is 2.54. The molecule has 2 N–H and O–H groups in total. The molecule has 0 bridgehead atoms. The van der Waals surface area contributed by atoms with Crippen molar-refractivity contribution < 1.29 is 9.53 Å². The summed E-state index contributed by atoms with van der Waals surface area (Å²) in [6.07, 6.45) is 2.03. The molecule has 1 fully saturated rings. The lowest BCUT2D eigenvalue weighted by Gasteiger charge is -2.33. The van der Waals surface area contributed by atoms with Gasteiger partial charge in [-0.2, -0.15) is 0 Å². The Bertz CT molecular complexity index is 543. The minimum atomic E-state index is -0.112. The lowest BCUT2D eigenvalue weighted by atomic mass is 10.0. The first-order chi connectivity index (χ1) is 11.5. The number of piperidine rings is 1. The molecular formula is C18H28BrN3O2. The molecule has 6 heteroatoms. The molecule has 134 valence electrons. The molecule has 0 aliphatic carbocycles. The number of carbonyl (C=O) groups is 1. The van der Waals surface area contributed by atoms with Crippen LogP contribution >= 0.6 is 15.9 Å². The monoisotopic (exact) mass is 397 g/mol. The van der Waals surface area contributed by atoms with E-state index in [2.05, 4.69) is 45.3 Å². The number of carbonyl (C=O) groups excluding carboxylic acids is 1. The van der Waals surface area contributed by atoms with Crippen LogP contribution in [0.25, 0.3) is 0 Å². The van der Waals surface area contributed by atoms with Crippen LogP contribution in [0.1, 0.15) is 32.3 Å². The summed E-state index contributed by atoms with van der Waals surface area (Å²) < 4.78 is 6.30. The normalized spacial score (nSPS) is 16.2. The number of hydrogen-bond donors (Lipinski definition) is 2. The number of nitrogens with one attached hydrogen (secondary N) is 2. The Morgan fingerprint density at radius 2 is 2.08 bits per heavy atom. The second kappa shape index (κ2) is 9.28. The van der Waals surface area contributed by atoms with Gasteiger partial charge >= 0.3 is 6.03 Å². The van der Waals surface area contributed by atoms with Crippen molar-refractivity contribution in [3.05, 3.63) is 28.2 Å². The summed E-state index contributed by atoms with van der Waals surface area (Å²) >= 11 is 3.45. The van der Waals surface area contributed by atoms with Gasteiger partial charge < -0.3 is 20.3 Å². The number of likely N-dealkylation sites (tertiary alicyclic amines) is 1. The molecule has 0 atom stereocenters. The summed E-state index contributed by atoms with van der Waals surface area (Å²) in [7, 11) is 1.64. The number of amides is 2. The van der Waals surface area contributed by atoms with E-state index in [1.807, 2.05) is 18.2 Å². The van der Waals surface area contributed by atoms with E-state index in [-0.39, 0.29) is 12.1 Å². The molecule has 0 radical (unpaired) electrons. The van der Waals surface area contributed by atoms with Gasteiger partial charge in [0.05, 0.1) is 7.11 Å². The standard InChI is InChI=1S/C18H28BrN3O2/c1-13(2)12-22-8-6-16(7-9-22)21-18(23)20-11-14-10-15(19)4-5-17(14)24-3/h4-5,10,13,16H,6-9,11-12H2,1-3H3,(H2,20,21,23). The third kappa shape index (κ3) is 5.98. The summed E-state index contributed by atoms with van der Waals surface area (Å²) in [5.74, 6) is 1.47. The van der Waals surface area contributed by atoms with Gasteiger partial charge in [0.2, 0.25) is 0 Å². The molecule has 1 aliphatic rings. The lowest BCUT2D eigenvalue weighted by Crippen LogP contribution is -2.48. The van der Waals surface area contributed by atoms with Gasteiger partial charge in [0.15, 0.2) is 0 Å². The third-order valence-electron chi connectivity index (χ3n) is 4.23. The van der Waals surface area contributed by atoms with Crippen molar-refractivity contribution in [1.82, 2.24) is 15.5 Å². The van der Waals surface area contributed by atoms with E-state index in [1.165, 1.54) is 0 Å². The lowest BCUT2D eigenvalue weighted by molar-refractivity contribution is 0.178. The Hall–Kier alpha value is -1.27. The third-order valence-corrected chi connectivity index (χ3v) is 4.72. The fraction of sp³-hybridized carbons (Fsp3) is 0.611. The average molecular weight is 398 g/mol. The summed E-state index contributed by atoms with van der Waals surface area (Å²) in [6, 6.07) is 5.93. The van der Waals surface area contributed by atoms with Crippen LogP contribution in [0.3, 0.4) is 0 Å². The molecule has 0 unspecified atom stereocenters. The maximum absolute atomic E-state index is 12.1. The van der Waals surface area contributed by atoms with E-state index in [4.69, 9.17) is 4.74 Å². The molecule has 0 spiro atoms. The quantitative estimate of drug-likeness (QED) is 0.773. The molecule has 1 aromatic carbocycles. The van der Waals surface area contributed by atoms with Crippen molar-refractivity contribution in [2.24, 2.45) is 5.92 Å². The van der Waals surface area contributed by atoms with Gasteiger partial charge in [-0.05, 0) is 37.0 Å². The van der Waals surface area contributed by atoms with Gasteiger partial charge in [-0.1, -0.05) is 29.8 Å². The summed E-state index contributed by atoms with van der Waals surface area (Å²) in [6.45, 7) is 8.19. The highest BCUT2D eigenvalue weighted by atomic mass is 79.9. The van der Waals surface area contributed by atoms with Crippen molar-refractivity contribution >= 4 is 22.0 Å². The predicted molar refractivity (Wildman–Crippen MR) is 100 cm³/mol. The van der Waals surface area contributed by atoms with E-state index in [1.54, 1.807) is 7.11 Å². The molecule has 5 nitrogen and oxygen atoms in total. The molecule has 1 heterocycles. The van der Waals surface area contributed by atoms with Crippen molar-refractivity contribution in [2.75, 3.05) is 26.7 Å². The molecule has 1 aromatic rings. The largest absolute Gasteiger partial charge is 0.496 e. The zero-order valence-electron chi connectivity index (χ0n) is 14.8. The van der Waals surface area contributed by atoms with Crippen LogP contribution in [0.5, 0.6) is 5.75 Å². The number of rotatable bonds is 6. The zero-order chi connectivity index (χ0) is 17.5. The molecule has 0 saturated carbocycles. The second-order valence-corrected chi connectivity index (χ2v) is 7.67. The van der Waals surface area contributed by atoms with Crippen LogP contribution < -0.4 is 15.4 Å². The first-order valence-corrected chi connectivity index (χ1v) is 9.36. The highest BCUT2D eigenvalue weighted by Crippen LogP contribution is 2.22. The van der Waals surface area contributed by atoms with Gasteiger partial charge in [-0.25, -0.2) is 4.79 Å². The number of halogens is 1. The maximum Gasteiger partial charge on any atom is 0.315 e. The molecule has 2 amide bonds. The van der Waals surface area contributed by atoms with Gasteiger partial charge in [0, 0.05) is 42.3 Å². The molecule has 1 aliphatic heterocycles. The van der Waals surface area contributed by atoms with Gasteiger partial charge in [0.25, 0.3) is 0 Å². The predicted octanol–water partition coefficient (Wildman–Crippen LogP) is 3.38. The van der Waals surface area contributed by atoms with E-state index in [0.29, 0.717) is 12.5 Å². The minimum Gasteiger partial charge on any atom is -0.496 e. The Kier molecular flexibility index (Phi) is 7.37. The topological polar surface area (TPSA) is 53.6 Å². The van der Waals surface area contributed by atoms with Crippen LogP contribution in [0.4, 0.5) is 4.79 Å². The fourth-order valence-corrected chi connectivity index (χ4v) is 3.48. The Morgan fingerprint density at radius 1 is 1.38 bits per heavy atom. The maximum atomic E-state index is 12.1. The van der Waals surface area contributed by atoms with Gasteiger partial charge in [-0.15, -0.1) is 0 Å². The minimum absolute atomic E-state index is 0.112. The number of hydrogen-bond acceptors (Lipinski definition) is 3. The summed E-state index contributed by atoms with van der Waals surface area (Å²) in [5.41, 5.74) is 0.953. The van der Waals surface area contributed by atoms with Crippen LogP contribution in [-0.2, 0) is 6.54 Å². The van der Waals surface area contributed by atoms with Crippen LogP contribution in [0.2, 0.25) is 0 Å². The SMILES string of the molecule is COc1ccc(Br)cc1CNC(=O)NC1CCN(CC(C)C)CC1. The number of nitrogens with zero attached hydrogens (tertiary/aromatic N) is 1. The van der Waals surface area contributed by atoms with E-state index in [9.17, 15) is 4.79 Å². The molecular weight excluding hydrogens is 370 g/mol. The number of methoxy groups -OCH3 is 1. The first kappa shape index (κ1) is 19.1. The summed E-state index contributed by atoms with van der Waals surface area (Å²) in [5, 5.41) is 6.01. The van der Waals surface area contributed by atoms with E-state index >= 15 is 0 Å². The van der Waals surface area contributed by atoms with Gasteiger partial charge in [0.1, 0.15) is 5.75 Å². The van der Waals surface area contributed by atoms with E-state index in [0.717, 1.165) is 48.3 Å². The zero-order valence-corrected chi connectivity index (χ0v) is 16.4. The van der Waals surface area contributed by atoms with Crippen molar-refractivity contribution in [2.45, 2.75) is 39.3 Å². The molecule has 2 rings (SSSR count). The Morgan fingerprint density at radius 3 is 2.71 bits per heavy atom. The Balaban J connectivity index is 1.75. The second-order valence-electron chi connectivity index (χ2n) is 6.75. The summed E-state index contributed by atoms with van der Waals surface area (Å²) in [4.78, 5) is 14.6. The van der Waals surface area contributed by atoms with Crippen molar-refractivity contribution in [1.29, 1.82) is 0 Å². The number of urea groups is 1. The fourth-order valence-electron chi connectivity index (χ4n) is 3.07. The van der Waals surface area contributed by atoms with Crippen molar-refractivity contribution in [3.8, 4) is 5.75 Å². The highest BCUT2D eigenvalue weighted by molar-refractivity contribution is 9.10. The first-order valence-electron chi connectivity index (χ1n) is 8.57. The van der Waals surface area contributed by atoms with Crippen LogP contribution in [0, 0.1) is 5.92 Å². The Labute approximate surface area is 153 Å². The number of ether oxygens (including phenoxy) is 1. The highest BCUT2D eigenvalue weighted by Gasteiger charge is 2.21. The smallest absolute Gasteiger partial charge is 0.315 e. The van der Waals surface area contributed by atoms with Crippen molar-refractivity contribution in [3.63, 3.8) is 0 Å². The molecule has 0 aromatic heterocycles. The number of benzene rings is 1. The molecule has 24 heavy (non-hydrogen) atoms. The van der Waals surface area contributed by atoms with E-state index < -0.39 is 0 Å². The van der Waals surface area contributed by atoms with Gasteiger partial charge in [-0.3, -0.25) is 0 Å². The molecule has 1 saturated heterocycles. The van der Waals surface area contributed by atoms with Crippen LogP contribution in [0.15, 0.2) is 22.7 Å². The van der Waals surface area contributed by atoms with Crippen LogP contribution in [-0.4, -0.2) is 43.7 Å².